The van der Waals surface area contributed by atoms with E-state index in [1.807, 2.05) is 44.3 Å². The zero-order valence-corrected chi connectivity index (χ0v) is 17.9. The number of aromatic nitrogens is 1. The standard InChI is InChI=1S/C24H30N2O3/c1-6-16(2)25-24(27)14-19(17-11-12-22(28-4)23(13-17)29-5)20-15-26(3)21-10-8-7-9-18(20)21/h7-13,15-16,19H,6,14H2,1-5H3,(H,25,27)/t16-,19-/m0/s1. The molecule has 3 rings (SSSR count). The summed E-state index contributed by atoms with van der Waals surface area (Å²) in [7, 11) is 5.29. The van der Waals surface area contributed by atoms with Crippen LogP contribution in [-0.2, 0) is 11.8 Å². The summed E-state index contributed by atoms with van der Waals surface area (Å²) < 4.78 is 13.0. The van der Waals surface area contributed by atoms with Gasteiger partial charge in [0.1, 0.15) is 0 Å². The van der Waals surface area contributed by atoms with Gasteiger partial charge in [-0.25, -0.2) is 0 Å². The fourth-order valence-electron chi connectivity index (χ4n) is 3.75. The molecule has 0 unspecified atom stereocenters. The van der Waals surface area contributed by atoms with Crippen LogP contribution in [0.15, 0.2) is 48.7 Å². The Balaban J connectivity index is 2.08. The number of aryl methyl sites for hydroxylation is 1. The highest BCUT2D eigenvalue weighted by molar-refractivity contribution is 5.86. The monoisotopic (exact) mass is 394 g/mol. The van der Waals surface area contributed by atoms with Crippen molar-refractivity contribution < 1.29 is 14.3 Å². The molecule has 0 saturated heterocycles. The molecule has 2 aromatic carbocycles. The number of para-hydroxylation sites is 1. The average Bonchev–Trinajstić information content (AvgIpc) is 3.08. The van der Waals surface area contributed by atoms with Gasteiger partial charge in [-0.15, -0.1) is 0 Å². The van der Waals surface area contributed by atoms with Crippen LogP contribution in [0.3, 0.4) is 0 Å². The van der Waals surface area contributed by atoms with Crippen molar-refractivity contribution in [3.05, 3.63) is 59.8 Å². The van der Waals surface area contributed by atoms with Crippen molar-refractivity contribution in [1.29, 1.82) is 0 Å². The molecule has 1 N–H and O–H groups in total. The first kappa shape index (κ1) is 20.8. The first-order valence-corrected chi connectivity index (χ1v) is 10.0. The Hall–Kier alpha value is -2.95. The van der Waals surface area contributed by atoms with Gasteiger partial charge in [-0.3, -0.25) is 4.79 Å². The number of methoxy groups -OCH3 is 2. The van der Waals surface area contributed by atoms with Crippen LogP contribution in [0, 0.1) is 0 Å². The summed E-state index contributed by atoms with van der Waals surface area (Å²) >= 11 is 0. The van der Waals surface area contributed by atoms with E-state index in [0.717, 1.165) is 28.5 Å². The molecule has 0 fully saturated rings. The van der Waals surface area contributed by atoms with E-state index in [0.29, 0.717) is 17.9 Å². The lowest BCUT2D eigenvalue weighted by atomic mass is 9.87. The van der Waals surface area contributed by atoms with Gasteiger partial charge < -0.3 is 19.4 Å². The SMILES string of the molecule is CC[C@H](C)NC(=O)C[C@@H](c1ccc(OC)c(OC)c1)c1cn(C)c2ccccc12. The molecule has 5 heteroatoms. The quantitative estimate of drug-likeness (QED) is 0.606. The number of amides is 1. The number of carbonyl (C=O) groups is 1. The van der Waals surface area contributed by atoms with E-state index in [1.54, 1.807) is 14.2 Å². The summed E-state index contributed by atoms with van der Waals surface area (Å²) in [6.07, 6.45) is 3.40. The minimum absolute atomic E-state index is 0.0482. The first-order chi connectivity index (χ1) is 14.0. The lowest BCUT2D eigenvalue weighted by Gasteiger charge is -2.20. The summed E-state index contributed by atoms with van der Waals surface area (Å²) in [5, 5.41) is 4.26. The summed E-state index contributed by atoms with van der Waals surface area (Å²) in [5.74, 6) is 1.30. The molecule has 29 heavy (non-hydrogen) atoms. The van der Waals surface area contributed by atoms with Gasteiger partial charge in [-0.05, 0) is 42.7 Å². The van der Waals surface area contributed by atoms with E-state index in [9.17, 15) is 4.79 Å². The Bertz CT molecular complexity index is 993. The maximum atomic E-state index is 12.8. The van der Waals surface area contributed by atoms with Gasteiger partial charge in [-0.2, -0.15) is 0 Å². The molecule has 5 nitrogen and oxygen atoms in total. The molecule has 0 aliphatic carbocycles. The third-order valence-electron chi connectivity index (χ3n) is 5.52. The van der Waals surface area contributed by atoms with Crippen molar-refractivity contribution in [2.24, 2.45) is 7.05 Å². The molecule has 2 atom stereocenters. The third-order valence-corrected chi connectivity index (χ3v) is 5.52. The highest BCUT2D eigenvalue weighted by atomic mass is 16.5. The van der Waals surface area contributed by atoms with Crippen LogP contribution in [-0.4, -0.2) is 30.7 Å². The minimum atomic E-state index is -0.0926. The second kappa shape index (κ2) is 9.03. The molecule has 0 aliphatic rings. The zero-order valence-electron chi connectivity index (χ0n) is 17.9. The summed E-state index contributed by atoms with van der Waals surface area (Å²) in [6.45, 7) is 4.10. The van der Waals surface area contributed by atoms with Crippen LogP contribution in [0.1, 0.15) is 43.7 Å². The molecule has 154 valence electrons. The second-order valence-corrected chi connectivity index (χ2v) is 7.46. The van der Waals surface area contributed by atoms with Crippen LogP contribution >= 0.6 is 0 Å². The van der Waals surface area contributed by atoms with E-state index in [4.69, 9.17) is 9.47 Å². The van der Waals surface area contributed by atoms with Crippen molar-refractivity contribution in [1.82, 2.24) is 9.88 Å². The predicted molar refractivity (Wildman–Crippen MR) is 117 cm³/mol. The molecular formula is C24H30N2O3. The number of rotatable bonds is 8. The van der Waals surface area contributed by atoms with Crippen LogP contribution in [0.4, 0.5) is 0 Å². The largest absolute Gasteiger partial charge is 0.493 e. The molecule has 0 saturated carbocycles. The van der Waals surface area contributed by atoms with E-state index in [2.05, 4.69) is 35.1 Å². The van der Waals surface area contributed by atoms with E-state index in [-0.39, 0.29) is 17.9 Å². The molecule has 0 radical (unpaired) electrons. The molecule has 3 aromatic rings. The number of nitrogens with zero attached hydrogens (tertiary/aromatic N) is 1. The van der Waals surface area contributed by atoms with Crippen LogP contribution in [0.2, 0.25) is 0 Å². The Labute approximate surface area is 172 Å². The molecular weight excluding hydrogens is 364 g/mol. The second-order valence-electron chi connectivity index (χ2n) is 7.46. The van der Waals surface area contributed by atoms with Gasteiger partial charge in [0, 0.05) is 42.5 Å². The van der Waals surface area contributed by atoms with E-state index >= 15 is 0 Å². The van der Waals surface area contributed by atoms with Gasteiger partial charge in [0.2, 0.25) is 5.91 Å². The van der Waals surface area contributed by atoms with Crippen LogP contribution < -0.4 is 14.8 Å². The normalized spacial score (nSPS) is 13.1. The topological polar surface area (TPSA) is 52.5 Å². The molecule has 0 aliphatic heterocycles. The Morgan fingerprint density at radius 1 is 1.10 bits per heavy atom. The fourth-order valence-corrected chi connectivity index (χ4v) is 3.75. The molecule has 1 aromatic heterocycles. The van der Waals surface area contributed by atoms with Gasteiger partial charge in [0.05, 0.1) is 14.2 Å². The highest BCUT2D eigenvalue weighted by Gasteiger charge is 2.24. The number of hydrogen-bond acceptors (Lipinski definition) is 3. The number of carbonyl (C=O) groups excluding carboxylic acids is 1. The average molecular weight is 395 g/mol. The van der Waals surface area contributed by atoms with E-state index in [1.165, 1.54) is 0 Å². The summed E-state index contributed by atoms with van der Waals surface area (Å²) in [4.78, 5) is 12.8. The van der Waals surface area contributed by atoms with Crippen molar-refractivity contribution in [3.63, 3.8) is 0 Å². The van der Waals surface area contributed by atoms with Crippen molar-refractivity contribution >= 4 is 16.8 Å². The van der Waals surface area contributed by atoms with Gasteiger partial charge >= 0.3 is 0 Å². The van der Waals surface area contributed by atoms with Gasteiger partial charge in [0.25, 0.3) is 0 Å². The van der Waals surface area contributed by atoms with E-state index < -0.39 is 0 Å². The number of hydrogen-bond donors (Lipinski definition) is 1. The Morgan fingerprint density at radius 2 is 1.83 bits per heavy atom. The number of fused-ring (bicyclic) bond motifs is 1. The van der Waals surface area contributed by atoms with Gasteiger partial charge in [0.15, 0.2) is 11.5 Å². The number of nitrogens with one attached hydrogen (secondary N) is 1. The lowest BCUT2D eigenvalue weighted by molar-refractivity contribution is -0.121. The van der Waals surface area contributed by atoms with Crippen molar-refractivity contribution in [2.75, 3.05) is 14.2 Å². The molecule has 0 bridgehead atoms. The minimum Gasteiger partial charge on any atom is -0.493 e. The van der Waals surface area contributed by atoms with Gasteiger partial charge in [-0.1, -0.05) is 31.2 Å². The van der Waals surface area contributed by atoms with Crippen LogP contribution in [0.5, 0.6) is 11.5 Å². The van der Waals surface area contributed by atoms with Crippen molar-refractivity contribution in [3.8, 4) is 11.5 Å². The Kier molecular flexibility index (Phi) is 6.47. The number of benzene rings is 2. The Morgan fingerprint density at radius 3 is 2.52 bits per heavy atom. The molecule has 1 amide bonds. The molecule has 0 spiro atoms. The van der Waals surface area contributed by atoms with Crippen molar-refractivity contribution in [2.45, 2.75) is 38.6 Å². The lowest BCUT2D eigenvalue weighted by Crippen LogP contribution is -2.33. The third kappa shape index (κ3) is 4.39. The maximum absolute atomic E-state index is 12.8. The maximum Gasteiger partial charge on any atom is 0.221 e. The van der Waals surface area contributed by atoms with Crippen LogP contribution in [0.25, 0.3) is 10.9 Å². The summed E-state index contributed by atoms with van der Waals surface area (Å²) in [5.41, 5.74) is 3.31. The molecule has 1 heterocycles. The first-order valence-electron chi connectivity index (χ1n) is 10.0. The highest BCUT2D eigenvalue weighted by Crippen LogP contribution is 2.38. The zero-order chi connectivity index (χ0) is 21.0. The smallest absolute Gasteiger partial charge is 0.221 e. The predicted octanol–water partition coefficient (Wildman–Crippen LogP) is 4.63. The fraction of sp³-hybridized carbons (Fsp3) is 0.375. The number of ether oxygens (including phenoxy) is 2. The summed E-state index contributed by atoms with van der Waals surface area (Å²) in [6, 6.07) is 14.3.